The van der Waals surface area contributed by atoms with Crippen LogP contribution in [-0.4, -0.2) is 55.6 Å². The number of nitriles is 1. The third-order valence-corrected chi connectivity index (χ3v) is 2.17. The van der Waals surface area contributed by atoms with Crippen molar-refractivity contribution in [2.45, 2.75) is 19.0 Å². The molecule has 0 rings (SSSR count). The molecular weight excluding hydrogens is 235 g/mol. The molecule has 0 atom stereocenters. The number of hydrogen-bond donors (Lipinski definition) is 0. The van der Waals surface area contributed by atoms with Crippen LogP contribution in [0.4, 0.5) is 13.2 Å². The minimum atomic E-state index is -4.20. The van der Waals surface area contributed by atoms with E-state index in [1.807, 2.05) is 6.07 Å². The van der Waals surface area contributed by atoms with Crippen LogP contribution in [0.15, 0.2) is 0 Å². The number of carbonyl (C=O) groups is 1. The van der Waals surface area contributed by atoms with Crippen LogP contribution in [0.2, 0.25) is 0 Å². The van der Waals surface area contributed by atoms with Gasteiger partial charge in [-0.15, -0.1) is 0 Å². The van der Waals surface area contributed by atoms with Crippen LogP contribution in [0.3, 0.4) is 0 Å². The molecule has 0 aromatic carbocycles. The number of rotatable bonds is 6. The Hall–Kier alpha value is -1.29. The fraction of sp³-hybridized carbons (Fsp3) is 0.800. The molecule has 0 saturated heterocycles. The van der Waals surface area contributed by atoms with Gasteiger partial charge in [-0.1, -0.05) is 0 Å². The van der Waals surface area contributed by atoms with E-state index < -0.39 is 12.6 Å². The lowest BCUT2D eigenvalue weighted by molar-refractivity contribution is -0.141. The maximum absolute atomic E-state index is 11.9. The molecule has 0 aromatic heterocycles. The van der Waals surface area contributed by atoms with E-state index >= 15 is 0 Å². The van der Waals surface area contributed by atoms with Gasteiger partial charge in [0.2, 0.25) is 5.91 Å². The molecule has 0 bridgehead atoms. The van der Waals surface area contributed by atoms with Gasteiger partial charge in [0.15, 0.2) is 0 Å². The first kappa shape index (κ1) is 15.7. The van der Waals surface area contributed by atoms with Crippen LogP contribution < -0.4 is 0 Å². The second-order valence-corrected chi connectivity index (χ2v) is 3.83. The largest absolute Gasteiger partial charge is 0.390 e. The van der Waals surface area contributed by atoms with E-state index in [2.05, 4.69) is 0 Å². The van der Waals surface area contributed by atoms with Crippen molar-refractivity contribution in [1.82, 2.24) is 9.80 Å². The number of halogens is 3. The second kappa shape index (κ2) is 7.12. The van der Waals surface area contributed by atoms with Crippen molar-refractivity contribution < 1.29 is 18.0 Å². The molecule has 0 heterocycles. The number of amides is 1. The van der Waals surface area contributed by atoms with Crippen LogP contribution in [-0.2, 0) is 4.79 Å². The Balaban J connectivity index is 3.91. The Morgan fingerprint density at radius 2 is 1.88 bits per heavy atom. The van der Waals surface area contributed by atoms with Gasteiger partial charge in [0, 0.05) is 20.1 Å². The molecule has 0 radical (unpaired) electrons. The van der Waals surface area contributed by atoms with Crippen molar-refractivity contribution in [3.8, 4) is 6.07 Å². The van der Waals surface area contributed by atoms with Gasteiger partial charge in [-0.25, -0.2) is 0 Å². The normalized spacial score (nSPS) is 11.4. The zero-order valence-corrected chi connectivity index (χ0v) is 9.92. The number of nitrogens with zero attached hydrogens (tertiary/aromatic N) is 3. The number of alkyl halides is 3. The van der Waals surface area contributed by atoms with Crippen molar-refractivity contribution in [2.75, 3.05) is 33.7 Å². The predicted octanol–water partition coefficient (Wildman–Crippen LogP) is 1.24. The number of likely N-dealkylation sites (N-methyl/N-ethyl adjacent to an activating group) is 2. The summed E-state index contributed by atoms with van der Waals surface area (Å²) in [7, 11) is 2.99. The van der Waals surface area contributed by atoms with E-state index in [0.717, 1.165) is 0 Å². The minimum Gasteiger partial charge on any atom is -0.344 e. The highest BCUT2D eigenvalue weighted by Crippen LogP contribution is 2.19. The average molecular weight is 251 g/mol. The van der Waals surface area contributed by atoms with Gasteiger partial charge < -0.3 is 4.90 Å². The summed E-state index contributed by atoms with van der Waals surface area (Å²) < 4.78 is 35.8. The van der Waals surface area contributed by atoms with Crippen LogP contribution in [0.5, 0.6) is 0 Å². The fourth-order valence-corrected chi connectivity index (χ4v) is 1.09. The maximum Gasteiger partial charge on any atom is 0.390 e. The molecule has 0 aliphatic rings. The summed E-state index contributed by atoms with van der Waals surface area (Å²) in [6, 6.07) is 1.90. The summed E-state index contributed by atoms with van der Waals surface area (Å²) in [4.78, 5) is 14.1. The van der Waals surface area contributed by atoms with Gasteiger partial charge in [0.05, 0.1) is 25.5 Å². The number of hydrogen-bond acceptors (Lipinski definition) is 3. The fourth-order valence-electron chi connectivity index (χ4n) is 1.09. The SMILES string of the molecule is CN(CCC(F)(F)F)CC(=O)N(C)CCC#N. The zero-order valence-electron chi connectivity index (χ0n) is 9.92. The summed E-state index contributed by atoms with van der Waals surface area (Å²) in [5.41, 5.74) is 0. The molecule has 0 N–H and O–H groups in total. The highest BCUT2D eigenvalue weighted by molar-refractivity contribution is 5.77. The number of carbonyl (C=O) groups excluding carboxylic acids is 1. The molecule has 4 nitrogen and oxygen atoms in total. The van der Waals surface area contributed by atoms with Gasteiger partial charge >= 0.3 is 6.18 Å². The highest BCUT2D eigenvalue weighted by Gasteiger charge is 2.27. The molecule has 17 heavy (non-hydrogen) atoms. The molecule has 7 heteroatoms. The van der Waals surface area contributed by atoms with E-state index in [1.165, 1.54) is 23.9 Å². The van der Waals surface area contributed by atoms with Crippen molar-refractivity contribution in [3.63, 3.8) is 0 Å². The van der Waals surface area contributed by atoms with Crippen molar-refractivity contribution >= 4 is 5.91 Å². The molecule has 0 aromatic rings. The minimum absolute atomic E-state index is 0.0714. The summed E-state index contributed by atoms with van der Waals surface area (Å²) in [5.74, 6) is -0.287. The van der Waals surface area contributed by atoms with Crippen molar-refractivity contribution in [1.29, 1.82) is 5.26 Å². The first-order chi connectivity index (χ1) is 7.76. The van der Waals surface area contributed by atoms with E-state index in [9.17, 15) is 18.0 Å². The molecular formula is C10H16F3N3O. The topological polar surface area (TPSA) is 47.3 Å². The molecule has 0 aliphatic carbocycles. The molecule has 1 amide bonds. The van der Waals surface area contributed by atoms with Crippen molar-refractivity contribution in [2.24, 2.45) is 0 Å². The first-order valence-electron chi connectivity index (χ1n) is 5.12. The van der Waals surface area contributed by atoms with Crippen LogP contribution in [0.1, 0.15) is 12.8 Å². The van der Waals surface area contributed by atoms with Crippen molar-refractivity contribution in [3.05, 3.63) is 0 Å². The molecule has 0 aliphatic heterocycles. The Morgan fingerprint density at radius 1 is 1.29 bits per heavy atom. The molecule has 0 fully saturated rings. The summed E-state index contributed by atoms with van der Waals surface area (Å²) in [5, 5.41) is 8.33. The van der Waals surface area contributed by atoms with E-state index in [-0.39, 0.29) is 25.4 Å². The van der Waals surface area contributed by atoms with Gasteiger partial charge in [0.25, 0.3) is 0 Å². The second-order valence-electron chi connectivity index (χ2n) is 3.83. The Morgan fingerprint density at radius 3 is 2.35 bits per heavy atom. The zero-order chi connectivity index (χ0) is 13.5. The van der Waals surface area contributed by atoms with Crippen LogP contribution in [0, 0.1) is 11.3 Å². The van der Waals surface area contributed by atoms with Crippen LogP contribution in [0.25, 0.3) is 0 Å². The van der Waals surface area contributed by atoms with Gasteiger partial charge in [-0.2, -0.15) is 18.4 Å². The Bertz CT molecular complexity index is 286. The summed E-state index contributed by atoms with van der Waals surface area (Å²) in [6.07, 6.45) is -4.92. The van der Waals surface area contributed by atoms with Gasteiger partial charge in [0.1, 0.15) is 0 Å². The molecule has 98 valence electrons. The molecule has 0 spiro atoms. The van der Waals surface area contributed by atoms with Gasteiger partial charge in [-0.05, 0) is 7.05 Å². The van der Waals surface area contributed by atoms with E-state index in [4.69, 9.17) is 5.26 Å². The third-order valence-electron chi connectivity index (χ3n) is 2.17. The third kappa shape index (κ3) is 8.51. The average Bonchev–Trinajstić information content (AvgIpc) is 2.22. The van der Waals surface area contributed by atoms with E-state index in [0.29, 0.717) is 6.54 Å². The standard InChI is InChI=1S/C10H16F3N3O/c1-15(7-4-10(11,12)13)8-9(17)16(2)6-3-5-14/h3-4,6-8H2,1-2H3. The molecule has 0 saturated carbocycles. The lowest BCUT2D eigenvalue weighted by Gasteiger charge is -2.21. The van der Waals surface area contributed by atoms with Gasteiger partial charge in [-0.3, -0.25) is 9.69 Å². The quantitative estimate of drug-likeness (QED) is 0.713. The summed E-state index contributed by atoms with van der Waals surface area (Å²) in [6.45, 7) is 0.0157. The lowest BCUT2D eigenvalue weighted by atomic mass is 10.3. The molecule has 0 unspecified atom stereocenters. The summed E-state index contributed by atoms with van der Waals surface area (Å²) >= 11 is 0. The van der Waals surface area contributed by atoms with E-state index in [1.54, 1.807) is 0 Å². The predicted molar refractivity (Wildman–Crippen MR) is 56.0 cm³/mol. The monoisotopic (exact) mass is 251 g/mol. The Labute approximate surface area is 98.6 Å². The smallest absolute Gasteiger partial charge is 0.344 e. The Kier molecular flexibility index (Phi) is 6.58. The van der Waals surface area contributed by atoms with Crippen LogP contribution >= 0.6 is 0 Å². The lowest BCUT2D eigenvalue weighted by Crippen LogP contribution is -2.38. The highest BCUT2D eigenvalue weighted by atomic mass is 19.4. The first-order valence-corrected chi connectivity index (χ1v) is 5.12. The maximum atomic E-state index is 11.9.